The third-order valence-corrected chi connectivity index (χ3v) is 4.43. The van der Waals surface area contributed by atoms with Crippen LogP contribution in [0.4, 0.5) is 0 Å². The van der Waals surface area contributed by atoms with Gasteiger partial charge in [0.1, 0.15) is 12.2 Å². The van der Waals surface area contributed by atoms with Gasteiger partial charge in [-0.15, -0.1) is 11.8 Å². The summed E-state index contributed by atoms with van der Waals surface area (Å²) >= 11 is 1.88. The summed E-state index contributed by atoms with van der Waals surface area (Å²) in [5.74, 6) is 2.09. The molecular formula is C16H24N4S. The quantitative estimate of drug-likeness (QED) is 0.761. The Morgan fingerprint density at radius 3 is 2.67 bits per heavy atom. The van der Waals surface area contributed by atoms with E-state index in [0.717, 1.165) is 24.5 Å². The number of thioether (sulfide) groups is 1. The topological polar surface area (TPSA) is 42.7 Å². The molecule has 5 heteroatoms. The molecule has 4 nitrogen and oxygen atoms in total. The Morgan fingerprint density at radius 1 is 1.24 bits per heavy atom. The van der Waals surface area contributed by atoms with Crippen molar-refractivity contribution in [2.24, 2.45) is 0 Å². The molecule has 1 atom stereocenters. The normalized spacial score (nSPS) is 12.8. The SMILES string of the molecule is CCNC(CSc1ccccc1)Cc1ncnn1C(C)C. The molecule has 0 saturated carbocycles. The maximum absolute atomic E-state index is 4.42. The van der Waals surface area contributed by atoms with Crippen LogP contribution in [-0.2, 0) is 6.42 Å². The van der Waals surface area contributed by atoms with Gasteiger partial charge in [-0.2, -0.15) is 5.10 Å². The lowest BCUT2D eigenvalue weighted by Crippen LogP contribution is -2.34. The zero-order valence-electron chi connectivity index (χ0n) is 13.0. The lowest BCUT2D eigenvalue weighted by Gasteiger charge is -2.18. The van der Waals surface area contributed by atoms with Crippen molar-refractivity contribution in [2.75, 3.05) is 12.3 Å². The Kier molecular flexibility index (Phi) is 6.26. The molecule has 0 radical (unpaired) electrons. The predicted molar refractivity (Wildman–Crippen MR) is 88.7 cm³/mol. The van der Waals surface area contributed by atoms with Crippen LogP contribution in [0.1, 0.15) is 32.6 Å². The summed E-state index contributed by atoms with van der Waals surface area (Å²) in [6.07, 6.45) is 2.56. The van der Waals surface area contributed by atoms with Gasteiger partial charge in [-0.05, 0) is 32.5 Å². The molecule has 0 bridgehead atoms. The van der Waals surface area contributed by atoms with Crippen LogP contribution in [-0.4, -0.2) is 33.1 Å². The third-order valence-electron chi connectivity index (χ3n) is 3.25. The van der Waals surface area contributed by atoms with E-state index in [4.69, 9.17) is 0 Å². The van der Waals surface area contributed by atoms with Gasteiger partial charge in [-0.25, -0.2) is 9.67 Å². The van der Waals surface area contributed by atoms with Crippen molar-refractivity contribution in [3.05, 3.63) is 42.5 Å². The molecule has 1 aromatic carbocycles. The lowest BCUT2D eigenvalue weighted by molar-refractivity contribution is 0.477. The molecular weight excluding hydrogens is 280 g/mol. The number of hydrogen-bond donors (Lipinski definition) is 1. The molecule has 2 aromatic rings. The van der Waals surface area contributed by atoms with E-state index in [1.165, 1.54) is 4.90 Å². The zero-order valence-corrected chi connectivity index (χ0v) is 13.8. The number of nitrogens with one attached hydrogen (secondary N) is 1. The van der Waals surface area contributed by atoms with Crippen molar-refractivity contribution in [1.29, 1.82) is 0 Å². The second kappa shape index (κ2) is 8.20. The number of aromatic nitrogens is 3. The minimum absolute atomic E-state index is 0.353. The monoisotopic (exact) mass is 304 g/mol. The maximum atomic E-state index is 4.42. The van der Waals surface area contributed by atoms with Gasteiger partial charge in [0.15, 0.2) is 0 Å². The highest BCUT2D eigenvalue weighted by atomic mass is 32.2. The summed E-state index contributed by atoms with van der Waals surface area (Å²) in [4.78, 5) is 5.73. The van der Waals surface area contributed by atoms with Crippen LogP contribution in [0, 0.1) is 0 Å². The molecule has 1 aromatic heterocycles. The number of likely N-dealkylation sites (N-methyl/N-ethyl adjacent to an activating group) is 1. The number of rotatable bonds is 8. The molecule has 0 saturated heterocycles. The summed E-state index contributed by atoms with van der Waals surface area (Å²) in [6.45, 7) is 7.39. The summed E-state index contributed by atoms with van der Waals surface area (Å²) < 4.78 is 2.01. The highest BCUT2D eigenvalue weighted by molar-refractivity contribution is 7.99. The highest BCUT2D eigenvalue weighted by Gasteiger charge is 2.15. The van der Waals surface area contributed by atoms with E-state index in [-0.39, 0.29) is 0 Å². The van der Waals surface area contributed by atoms with Gasteiger partial charge in [0.2, 0.25) is 0 Å². The van der Waals surface area contributed by atoms with Gasteiger partial charge in [0, 0.05) is 29.2 Å². The molecule has 1 N–H and O–H groups in total. The van der Waals surface area contributed by atoms with E-state index < -0.39 is 0 Å². The Bertz CT molecular complexity index is 524. The Balaban J connectivity index is 1.97. The summed E-state index contributed by atoms with van der Waals surface area (Å²) in [5, 5.41) is 7.87. The van der Waals surface area contributed by atoms with Gasteiger partial charge >= 0.3 is 0 Å². The maximum Gasteiger partial charge on any atom is 0.138 e. The summed E-state index contributed by atoms with van der Waals surface area (Å²) in [6, 6.07) is 11.3. The molecule has 114 valence electrons. The first-order valence-corrected chi connectivity index (χ1v) is 8.48. The van der Waals surface area contributed by atoms with Gasteiger partial charge in [-0.3, -0.25) is 0 Å². The Hall–Kier alpha value is -1.33. The van der Waals surface area contributed by atoms with Gasteiger partial charge in [0.25, 0.3) is 0 Å². The molecule has 0 aliphatic rings. The van der Waals surface area contributed by atoms with Crippen LogP contribution in [0.5, 0.6) is 0 Å². The molecule has 0 aliphatic heterocycles. The minimum Gasteiger partial charge on any atom is -0.313 e. The summed E-state index contributed by atoms with van der Waals surface area (Å²) in [7, 11) is 0. The molecule has 0 amide bonds. The van der Waals surface area contributed by atoms with Crippen molar-refractivity contribution in [1.82, 2.24) is 20.1 Å². The summed E-state index contributed by atoms with van der Waals surface area (Å²) in [5.41, 5.74) is 0. The van der Waals surface area contributed by atoms with E-state index in [9.17, 15) is 0 Å². The standard InChI is InChI=1S/C16H24N4S/c1-4-17-14(11-21-15-8-6-5-7-9-15)10-16-18-12-19-20(16)13(2)3/h5-9,12-14,17H,4,10-11H2,1-3H3. The van der Waals surface area contributed by atoms with E-state index in [1.807, 2.05) is 16.4 Å². The van der Waals surface area contributed by atoms with Gasteiger partial charge in [-0.1, -0.05) is 25.1 Å². The van der Waals surface area contributed by atoms with E-state index in [2.05, 4.69) is 66.5 Å². The lowest BCUT2D eigenvalue weighted by atomic mass is 10.2. The molecule has 2 rings (SSSR count). The van der Waals surface area contributed by atoms with Gasteiger partial charge < -0.3 is 5.32 Å². The largest absolute Gasteiger partial charge is 0.313 e. The molecule has 1 unspecified atom stereocenters. The van der Waals surface area contributed by atoms with Crippen molar-refractivity contribution in [3.8, 4) is 0 Å². The number of benzene rings is 1. The fourth-order valence-electron chi connectivity index (χ4n) is 2.26. The molecule has 0 spiro atoms. The fraction of sp³-hybridized carbons (Fsp3) is 0.500. The molecule has 0 aliphatic carbocycles. The first-order chi connectivity index (χ1) is 10.2. The molecule has 0 fully saturated rings. The highest BCUT2D eigenvalue weighted by Crippen LogP contribution is 2.19. The van der Waals surface area contributed by atoms with Crippen LogP contribution in [0.3, 0.4) is 0 Å². The van der Waals surface area contributed by atoms with Crippen LogP contribution in [0.25, 0.3) is 0 Å². The fourth-order valence-corrected chi connectivity index (χ4v) is 3.24. The van der Waals surface area contributed by atoms with Crippen molar-refractivity contribution in [3.63, 3.8) is 0 Å². The first kappa shape index (κ1) is 16.0. The van der Waals surface area contributed by atoms with Crippen molar-refractivity contribution in [2.45, 2.75) is 44.2 Å². The Morgan fingerprint density at radius 2 is 2.00 bits per heavy atom. The molecule has 21 heavy (non-hydrogen) atoms. The van der Waals surface area contributed by atoms with Crippen LogP contribution in [0.15, 0.2) is 41.6 Å². The average molecular weight is 304 g/mol. The Labute approximate surface area is 131 Å². The number of nitrogens with zero attached hydrogens (tertiary/aromatic N) is 3. The van der Waals surface area contributed by atoms with E-state index >= 15 is 0 Å². The van der Waals surface area contributed by atoms with Crippen LogP contribution < -0.4 is 5.32 Å². The zero-order chi connectivity index (χ0) is 15.1. The van der Waals surface area contributed by atoms with Crippen LogP contribution >= 0.6 is 11.8 Å². The average Bonchev–Trinajstić information content (AvgIpc) is 2.94. The van der Waals surface area contributed by atoms with Gasteiger partial charge in [0.05, 0.1) is 0 Å². The first-order valence-electron chi connectivity index (χ1n) is 7.50. The van der Waals surface area contributed by atoms with Crippen LogP contribution in [0.2, 0.25) is 0 Å². The molecule has 1 heterocycles. The van der Waals surface area contributed by atoms with Crippen molar-refractivity contribution < 1.29 is 0 Å². The van der Waals surface area contributed by atoms with E-state index in [0.29, 0.717) is 12.1 Å². The third kappa shape index (κ3) is 4.86. The smallest absolute Gasteiger partial charge is 0.138 e. The number of hydrogen-bond acceptors (Lipinski definition) is 4. The second-order valence-electron chi connectivity index (χ2n) is 5.30. The van der Waals surface area contributed by atoms with Crippen molar-refractivity contribution >= 4 is 11.8 Å². The minimum atomic E-state index is 0.353. The van der Waals surface area contributed by atoms with E-state index in [1.54, 1.807) is 6.33 Å². The predicted octanol–water partition coefficient (Wildman–Crippen LogP) is 3.17. The second-order valence-corrected chi connectivity index (χ2v) is 6.39.